The van der Waals surface area contributed by atoms with Gasteiger partial charge in [0.15, 0.2) is 0 Å². The molecule has 0 saturated carbocycles. The second-order valence-electron chi connectivity index (χ2n) is 6.80. The zero-order valence-corrected chi connectivity index (χ0v) is 17.5. The van der Waals surface area contributed by atoms with E-state index in [-0.39, 0.29) is 23.7 Å². The van der Waals surface area contributed by atoms with E-state index in [1.807, 2.05) is 36.4 Å². The quantitative estimate of drug-likeness (QED) is 0.506. The second-order valence-corrected chi connectivity index (χ2v) is 8.03. The molecule has 0 amide bonds. The Labute approximate surface area is 180 Å². The fourth-order valence-electron chi connectivity index (χ4n) is 3.17. The predicted octanol–water partition coefficient (Wildman–Crippen LogP) is 4.36. The average Bonchev–Trinajstić information content (AvgIpc) is 3.19. The van der Waals surface area contributed by atoms with Crippen LogP contribution in [0.1, 0.15) is 12.0 Å². The summed E-state index contributed by atoms with van der Waals surface area (Å²) < 4.78 is 23.4. The molecule has 0 spiro atoms. The Hall–Kier alpha value is -2.61. The van der Waals surface area contributed by atoms with Gasteiger partial charge < -0.3 is 18.9 Å². The number of hydrogen-bond acceptors (Lipinski definition) is 7. The SMILES string of the molecule is COc1ccnc(OC[C@H]2O[C@@H](Sc3ccccc3)C[C@@H]2OCc2ccccc2)n1. The van der Waals surface area contributed by atoms with Crippen molar-refractivity contribution >= 4 is 11.8 Å². The molecule has 1 aliphatic rings. The van der Waals surface area contributed by atoms with E-state index in [1.54, 1.807) is 31.1 Å². The third-order valence-electron chi connectivity index (χ3n) is 4.68. The van der Waals surface area contributed by atoms with E-state index < -0.39 is 0 Å². The summed E-state index contributed by atoms with van der Waals surface area (Å²) in [6.45, 7) is 0.836. The van der Waals surface area contributed by atoms with E-state index in [2.05, 4.69) is 34.2 Å². The normalized spacial score (nSPS) is 20.8. The van der Waals surface area contributed by atoms with Crippen LogP contribution < -0.4 is 9.47 Å². The van der Waals surface area contributed by atoms with E-state index in [4.69, 9.17) is 18.9 Å². The number of nitrogens with zero attached hydrogens (tertiary/aromatic N) is 2. The summed E-state index contributed by atoms with van der Waals surface area (Å²) in [7, 11) is 1.56. The van der Waals surface area contributed by atoms with Crippen molar-refractivity contribution in [2.45, 2.75) is 35.6 Å². The second kappa shape index (κ2) is 10.4. The number of thioether (sulfide) groups is 1. The highest BCUT2D eigenvalue weighted by Crippen LogP contribution is 2.35. The highest BCUT2D eigenvalue weighted by molar-refractivity contribution is 7.99. The van der Waals surface area contributed by atoms with Gasteiger partial charge in [0.1, 0.15) is 18.1 Å². The molecule has 156 valence electrons. The van der Waals surface area contributed by atoms with E-state index in [9.17, 15) is 0 Å². The fraction of sp³-hybridized carbons (Fsp3) is 0.304. The summed E-state index contributed by atoms with van der Waals surface area (Å²) in [6, 6.07) is 22.3. The van der Waals surface area contributed by atoms with Gasteiger partial charge in [-0.15, -0.1) is 0 Å². The minimum absolute atomic E-state index is 0.00648. The van der Waals surface area contributed by atoms with Crippen LogP contribution in [0.2, 0.25) is 0 Å². The van der Waals surface area contributed by atoms with Crippen molar-refractivity contribution in [1.82, 2.24) is 9.97 Å². The monoisotopic (exact) mass is 424 g/mol. The molecular formula is C23H24N2O4S. The largest absolute Gasteiger partial charge is 0.481 e. The lowest BCUT2D eigenvalue weighted by Gasteiger charge is -2.19. The number of aromatic nitrogens is 2. The van der Waals surface area contributed by atoms with E-state index in [1.165, 1.54) is 4.90 Å². The van der Waals surface area contributed by atoms with Gasteiger partial charge in [0.05, 0.1) is 19.8 Å². The zero-order chi connectivity index (χ0) is 20.6. The summed E-state index contributed by atoms with van der Waals surface area (Å²) in [5.41, 5.74) is 1.13. The van der Waals surface area contributed by atoms with Crippen LogP contribution in [0.15, 0.2) is 77.8 Å². The van der Waals surface area contributed by atoms with E-state index in [0.29, 0.717) is 19.1 Å². The van der Waals surface area contributed by atoms with Crippen LogP contribution in [-0.2, 0) is 16.1 Å². The molecule has 1 aromatic heterocycles. The van der Waals surface area contributed by atoms with Crippen LogP contribution >= 0.6 is 11.8 Å². The topological polar surface area (TPSA) is 62.7 Å². The molecule has 1 saturated heterocycles. The molecule has 0 aliphatic carbocycles. The van der Waals surface area contributed by atoms with Crippen molar-refractivity contribution in [2.75, 3.05) is 13.7 Å². The van der Waals surface area contributed by atoms with Crippen molar-refractivity contribution in [1.29, 1.82) is 0 Å². The maximum absolute atomic E-state index is 6.27. The Morgan fingerprint density at radius 3 is 2.57 bits per heavy atom. The molecule has 1 fully saturated rings. The van der Waals surface area contributed by atoms with Crippen LogP contribution in [0.3, 0.4) is 0 Å². The Morgan fingerprint density at radius 1 is 1.03 bits per heavy atom. The van der Waals surface area contributed by atoms with Gasteiger partial charge in [0, 0.05) is 23.6 Å². The summed E-state index contributed by atoms with van der Waals surface area (Å²) >= 11 is 1.70. The number of ether oxygens (including phenoxy) is 4. The molecule has 1 aliphatic heterocycles. The third-order valence-corrected chi connectivity index (χ3v) is 5.79. The van der Waals surface area contributed by atoms with Gasteiger partial charge in [-0.1, -0.05) is 60.3 Å². The maximum atomic E-state index is 6.27. The Kier molecular flexibility index (Phi) is 7.18. The van der Waals surface area contributed by atoms with Gasteiger partial charge in [-0.05, 0) is 17.7 Å². The molecule has 0 unspecified atom stereocenters. The number of hydrogen-bond donors (Lipinski definition) is 0. The van der Waals surface area contributed by atoms with Crippen molar-refractivity contribution < 1.29 is 18.9 Å². The Morgan fingerprint density at radius 2 is 1.80 bits per heavy atom. The molecule has 2 aromatic carbocycles. The summed E-state index contributed by atoms with van der Waals surface area (Å²) in [5, 5.41) is 0. The lowest BCUT2D eigenvalue weighted by molar-refractivity contribution is -0.0393. The fourth-order valence-corrected chi connectivity index (χ4v) is 4.27. The average molecular weight is 425 g/mol. The molecule has 3 atom stereocenters. The van der Waals surface area contributed by atoms with Gasteiger partial charge in [-0.25, -0.2) is 4.98 Å². The zero-order valence-electron chi connectivity index (χ0n) is 16.7. The minimum atomic E-state index is -0.218. The Bertz CT molecular complexity index is 913. The molecule has 0 N–H and O–H groups in total. The summed E-state index contributed by atoms with van der Waals surface area (Å²) in [5.74, 6) is 0.460. The van der Waals surface area contributed by atoms with Gasteiger partial charge in [0.2, 0.25) is 5.88 Å². The van der Waals surface area contributed by atoms with Crippen LogP contribution in [0.25, 0.3) is 0 Å². The van der Waals surface area contributed by atoms with Crippen molar-refractivity contribution in [3.05, 3.63) is 78.5 Å². The highest BCUT2D eigenvalue weighted by Gasteiger charge is 2.37. The molecule has 4 rings (SSSR count). The molecule has 6 nitrogen and oxygen atoms in total. The van der Waals surface area contributed by atoms with Gasteiger partial charge >= 0.3 is 6.01 Å². The maximum Gasteiger partial charge on any atom is 0.319 e. The first-order valence-corrected chi connectivity index (χ1v) is 10.7. The molecule has 7 heteroatoms. The number of benzene rings is 2. The molecular weight excluding hydrogens is 400 g/mol. The van der Waals surface area contributed by atoms with Gasteiger partial charge in [-0.3, -0.25) is 0 Å². The smallest absolute Gasteiger partial charge is 0.319 e. The predicted molar refractivity (Wildman–Crippen MR) is 115 cm³/mol. The first-order valence-electron chi connectivity index (χ1n) is 9.82. The molecule has 0 radical (unpaired) electrons. The Balaban J connectivity index is 1.40. The van der Waals surface area contributed by atoms with Gasteiger partial charge in [0.25, 0.3) is 0 Å². The molecule has 0 bridgehead atoms. The summed E-state index contributed by atoms with van der Waals surface area (Å²) in [6.07, 6.45) is 2.08. The van der Waals surface area contributed by atoms with E-state index >= 15 is 0 Å². The van der Waals surface area contributed by atoms with E-state index in [0.717, 1.165) is 12.0 Å². The minimum Gasteiger partial charge on any atom is -0.481 e. The standard InChI is InChI=1S/C23H24N2O4S/c1-26-21-12-13-24-23(25-21)28-16-20-19(27-15-17-8-4-2-5-9-17)14-22(29-20)30-18-10-6-3-7-11-18/h2-13,19-20,22H,14-16H2,1H3/t19-,20+,22-/m0/s1. The lowest BCUT2D eigenvalue weighted by atomic mass is 10.2. The van der Waals surface area contributed by atoms with Crippen LogP contribution in [0.4, 0.5) is 0 Å². The van der Waals surface area contributed by atoms with Crippen molar-refractivity contribution in [3.63, 3.8) is 0 Å². The molecule has 30 heavy (non-hydrogen) atoms. The van der Waals surface area contributed by atoms with Crippen LogP contribution in [-0.4, -0.2) is 41.3 Å². The highest BCUT2D eigenvalue weighted by atomic mass is 32.2. The number of methoxy groups -OCH3 is 1. The molecule has 3 aromatic rings. The first kappa shape index (κ1) is 20.7. The van der Waals surface area contributed by atoms with Crippen molar-refractivity contribution in [3.8, 4) is 11.9 Å². The molecule has 2 heterocycles. The third kappa shape index (κ3) is 5.72. The van der Waals surface area contributed by atoms with Crippen molar-refractivity contribution in [2.24, 2.45) is 0 Å². The summed E-state index contributed by atoms with van der Waals surface area (Å²) in [4.78, 5) is 9.51. The van der Waals surface area contributed by atoms with Gasteiger partial charge in [-0.2, -0.15) is 4.98 Å². The first-order chi connectivity index (χ1) is 14.8. The number of rotatable bonds is 9. The van der Waals surface area contributed by atoms with Crippen LogP contribution in [0, 0.1) is 0 Å². The van der Waals surface area contributed by atoms with Crippen LogP contribution in [0.5, 0.6) is 11.9 Å². The lowest BCUT2D eigenvalue weighted by Crippen LogP contribution is -2.30.